The summed E-state index contributed by atoms with van der Waals surface area (Å²) in [6.45, 7) is 8.91. The van der Waals surface area contributed by atoms with Crippen molar-refractivity contribution in [1.29, 1.82) is 0 Å². The lowest BCUT2D eigenvalue weighted by Crippen LogP contribution is -2.33. The van der Waals surface area contributed by atoms with Gasteiger partial charge in [0.25, 0.3) is 17.4 Å². The molecule has 0 aliphatic carbocycles. The van der Waals surface area contributed by atoms with Crippen LogP contribution in [-0.2, 0) is 16.0 Å². The van der Waals surface area contributed by atoms with Crippen LogP contribution >= 0.6 is 0 Å². The number of ether oxygens (including phenoxy) is 1. The second-order valence-electron chi connectivity index (χ2n) is 9.18. The van der Waals surface area contributed by atoms with Gasteiger partial charge in [0.15, 0.2) is 0 Å². The maximum absolute atomic E-state index is 13.2. The fourth-order valence-corrected chi connectivity index (χ4v) is 4.96. The molecule has 2 aliphatic heterocycles. The molecule has 1 saturated heterocycles. The predicted octanol–water partition coefficient (Wildman–Crippen LogP) is 4.07. The Morgan fingerprint density at radius 3 is 2.50 bits per heavy atom. The average Bonchev–Trinajstić information content (AvgIpc) is 3.37. The zero-order chi connectivity index (χ0) is 26.0. The molecule has 4 rings (SSSR count). The van der Waals surface area contributed by atoms with E-state index >= 15 is 0 Å². The number of carbonyl (C=O) groups excluding carboxylic acids is 2. The number of hydrogen-bond acceptors (Lipinski definition) is 7. The minimum atomic E-state index is -0.842. The van der Waals surface area contributed by atoms with E-state index < -0.39 is 22.7 Å². The summed E-state index contributed by atoms with van der Waals surface area (Å²) >= 11 is 0. The van der Waals surface area contributed by atoms with Crippen molar-refractivity contribution in [2.24, 2.45) is 0 Å². The number of nitro groups is 1. The van der Waals surface area contributed by atoms with Crippen LogP contribution in [0.5, 0.6) is 5.75 Å². The first kappa shape index (κ1) is 25.4. The largest absolute Gasteiger partial charge is 0.507 e. The van der Waals surface area contributed by atoms with Crippen LogP contribution in [0.2, 0.25) is 0 Å². The van der Waals surface area contributed by atoms with Crippen molar-refractivity contribution < 1.29 is 24.4 Å². The molecule has 2 aromatic rings. The van der Waals surface area contributed by atoms with E-state index in [4.69, 9.17) is 4.74 Å². The van der Waals surface area contributed by atoms with E-state index in [9.17, 15) is 24.8 Å². The van der Waals surface area contributed by atoms with E-state index in [0.717, 1.165) is 30.9 Å². The molecule has 0 unspecified atom stereocenters. The molecule has 0 spiro atoms. The number of aliphatic hydroxyl groups is 1. The number of nitro benzene ring substituents is 1. The van der Waals surface area contributed by atoms with Gasteiger partial charge in [0.1, 0.15) is 17.6 Å². The summed E-state index contributed by atoms with van der Waals surface area (Å²) in [5.74, 6) is -0.963. The molecule has 0 bridgehead atoms. The fourth-order valence-electron chi connectivity index (χ4n) is 4.96. The molecule has 2 aliphatic rings. The second-order valence-corrected chi connectivity index (χ2v) is 9.18. The molecular formula is C27H31N3O6. The van der Waals surface area contributed by atoms with Crippen molar-refractivity contribution >= 4 is 23.1 Å². The zero-order valence-electron chi connectivity index (χ0n) is 20.8. The summed E-state index contributed by atoms with van der Waals surface area (Å²) in [6, 6.07) is 10.1. The van der Waals surface area contributed by atoms with Gasteiger partial charge in [-0.05, 0) is 74.4 Å². The number of ketones is 1. The highest BCUT2D eigenvalue weighted by atomic mass is 16.6. The van der Waals surface area contributed by atoms with Gasteiger partial charge in [0.2, 0.25) is 0 Å². The zero-order valence-corrected chi connectivity index (χ0v) is 20.8. The summed E-state index contributed by atoms with van der Waals surface area (Å²) in [4.78, 5) is 40.7. The van der Waals surface area contributed by atoms with Gasteiger partial charge in [0.05, 0.1) is 16.5 Å². The lowest BCUT2D eigenvalue weighted by Gasteiger charge is -2.26. The number of rotatable bonds is 9. The smallest absolute Gasteiger partial charge is 0.295 e. The van der Waals surface area contributed by atoms with Gasteiger partial charge in [0, 0.05) is 30.7 Å². The third-order valence-electron chi connectivity index (χ3n) is 6.90. The molecule has 0 radical (unpaired) electrons. The van der Waals surface area contributed by atoms with Crippen LogP contribution in [0.15, 0.2) is 48.0 Å². The third kappa shape index (κ3) is 4.83. The number of amides is 1. The van der Waals surface area contributed by atoms with Crippen molar-refractivity contribution in [1.82, 2.24) is 9.80 Å². The number of nitrogens with zero attached hydrogens (tertiary/aromatic N) is 3. The maximum Gasteiger partial charge on any atom is 0.295 e. The Bertz CT molecular complexity index is 1200. The first-order chi connectivity index (χ1) is 17.2. The van der Waals surface area contributed by atoms with E-state index in [0.29, 0.717) is 30.5 Å². The standard InChI is InChI=1S/C27H31N3O6/c1-4-28(5-2)13-6-14-29-24(18-7-10-21(11-8-18)30(34)35)23(26(32)27(29)33)25(31)19-9-12-22-20(16-19)15-17(3)36-22/h7-12,16-17,24,31H,4-6,13-15H2,1-3H3/t17-,24-/m0/s1. The number of hydrogen-bond donors (Lipinski definition) is 1. The maximum atomic E-state index is 13.2. The molecule has 9 nitrogen and oxygen atoms in total. The molecule has 0 saturated carbocycles. The van der Waals surface area contributed by atoms with Crippen LogP contribution < -0.4 is 4.74 Å². The van der Waals surface area contributed by atoms with E-state index in [2.05, 4.69) is 18.7 Å². The van der Waals surface area contributed by atoms with Crippen molar-refractivity contribution in [2.75, 3.05) is 26.2 Å². The Hall–Kier alpha value is -3.72. The van der Waals surface area contributed by atoms with Crippen LogP contribution in [0.3, 0.4) is 0 Å². The van der Waals surface area contributed by atoms with Gasteiger partial charge in [-0.15, -0.1) is 0 Å². The van der Waals surface area contributed by atoms with Crippen molar-refractivity contribution in [3.05, 3.63) is 74.8 Å². The Labute approximate surface area is 210 Å². The normalized spacial score (nSPS) is 20.6. The molecule has 9 heteroatoms. The molecule has 2 aromatic carbocycles. The number of Topliss-reactive ketones (excluding diaryl/α,β-unsaturated/α-hetero) is 1. The summed E-state index contributed by atoms with van der Waals surface area (Å²) in [6.07, 6.45) is 1.35. The van der Waals surface area contributed by atoms with Crippen LogP contribution in [0.25, 0.3) is 5.76 Å². The van der Waals surface area contributed by atoms with Gasteiger partial charge in [-0.1, -0.05) is 13.8 Å². The average molecular weight is 494 g/mol. The summed E-state index contributed by atoms with van der Waals surface area (Å²) < 4.78 is 5.74. The molecule has 0 aromatic heterocycles. The molecule has 36 heavy (non-hydrogen) atoms. The quantitative estimate of drug-likeness (QED) is 0.184. The third-order valence-corrected chi connectivity index (χ3v) is 6.90. The summed E-state index contributed by atoms with van der Waals surface area (Å²) in [5.41, 5.74) is 1.78. The Morgan fingerprint density at radius 2 is 1.86 bits per heavy atom. The van der Waals surface area contributed by atoms with Gasteiger partial charge in [-0.25, -0.2) is 0 Å². The number of carbonyl (C=O) groups is 2. The first-order valence-electron chi connectivity index (χ1n) is 12.3. The Morgan fingerprint density at radius 1 is 1.17 bits per heavy atom. The van der Waals surface area contributed by atoms with E-state index in [1.54, 1.807) is 18.2 Å². The topological polar surface area (TPSA) is 113 Å². The SMILES string of the molecule is CCN(CC)CCCN1C(=O)C(=O)C(=C(O)c2ccc3c(c2)C[C@H](C)O3)[C@@H]1c1ccc([N+](=O)[O-])cc1. The molecule has 2 atom stereocenters. The van der Waals surface area contributed by atoms with E-state index in [-0.39, 0.29) is 23.1 Å². The van der Waals surface area contributed by atoms with E-state index in [1.807, 2.05) is 6.92 Å². The van der Waals surface area contributed by atoms with E-state index in [1.165, 1.54) is 29.2 Å². The molecule has 1 N–H and O–H groups in total. The summed E-state index contributed by atoms with van der Waals surface area (Å²) in [5, 5.41) is 22.5. The van der Waals surface area contributed by atoms with Crippen molar-refractivity contribution in [3.63, 3.8) is 0 Å². The molecular weight excluding hydrogens is 462 g/mol. The summed E-state index contributed by atoms with van der Waals surface area (Å²) in [7, 11) is 0. The van der Waals surface area contributed by atoms with Crippen LogP contribution in [0.1, 0.15) is 49.9 Å². The highest BCUT2D eigenvalue weighted by Crippen LogP contribution is 2.41. The van der Waals surface area contributed by atoms with Gasteiger partial charge in [-0.3, -0.25) is 19.7 Å². The number of likely N-dealkylation sites (tertiary alicyclic amines) is 1. The number of non-ortho nitro benzene ring substituents is 1. The first-order valence-corrected chi connectivity index (χ1v) is 12.3. The monoisotopic (exact) mass is 493 g/mol. The molecule has 1 fully saturated rings. The van der Waals surface area contributed by atoms with Crippen LogP contribution in [0, 0.1) is 10.1 Å². The minimum Gasteiger partial charge on any atom is -0.507 e. The fraction of sp³-hybridized carbons (Fsp3) is 0.407. The highest BCUT2D eigenvalue weighted by Gasteiger charge is 2.46. The van der Waals surface area contributed by atoms with Gasteiger partial charge < -0.3 is 19.6 Å². The Kier molecular flexibility index (Phi) is 7.40. The number of fused-ring (bicyclic) bond motifs is 1. The predicted molar refractivity (Wildman–Crippen MR) is 135 cm³/mol. The van der Waals surface area contributed by atoms with Crippen molar-refractivity contribution in [2.45, 2.75) is 45.8 Å². The van der Waals surface area contributed by atoms with Gasteiger partial charge >= 0.3 is 0 Å². The Balaban J connectivity index is 1.74. The van der Waals surface area contributed by atoms with Crippen molar-refractivity contribution in [3.8, 4) is 5.75 Å². The lowest BCUT2D eigenvalue weighted by molar-refractivity contribution is -0.384. The lowest BCUT2D eigenvalue weighted by atomic mass is 9.94. The molecule has 1 amide bonds. The second kappa shape index (κ2) is 10.5. The van der Waals surface area contributed by atoms with Crippen LogP contribution in [-0.4, -0.2) is 63.8 Å². The van der Waals surface area contributed by atoms with Crippen LogP contribution in [0.4, 0.5) is 5.69 Å². The molecule has 2 heterocycles. The number of aliphatic hydroxyl groups excluding tert-OH is 1. The highest BCUT2D eigenvalue weighted by molar-refractivity contribution is 6.46. The molecule has 190 valence electrons. The van der Waals surface area contributed by atoms with Gasteiger partial charge in [-0.2, -0.15) is 0 Å². The minimum absolute atomic E-state index is 0.0105. The number of benzene rings is 2.